The topological polar surface area (TPSA) is 95.9 Å². The number of fused-ring (bicyclic) bond motifs is 7. The zero-order valence-corrected chi connectivity index (χ0v) is 23.3. The van der Waals surface area contributed by atoms with Gasteiger partial charge in [-0.1, -0.05) is 27.7 Å². The molecular weight excluding hydrogens is 462 g/mol. The first-order valence-electron chi connectivity index (χ1n) is 14.3. The molecule has 0 aromatic carbocycles. The molecule has 0 amide bonds. The van der Waals surface area contributed by atoms with Crippen molar-refractivity contribution in [1.29, 1.82) is 0 Å². The predicted octanol–water partition coefficient (Wildman–Crippen LogP) is 4.87. The first-order valence-corrected chi connectivity index (χ1v) is 16.1. The van der Waals surface area contributed by atoms with Gasteiger partial charge in [0.2, 0.25) is 0 Å². The number of piperidine rings is 1. The fraction of sp³-hybridized carbons (Fsp3) is 1.00. The molecule has 6 aliphatic rings. The molecule has 35 heavy (non-hydrogen) atoms. The first kappa shape index (κ1) is 26.4. The van der Waals surface area contributed by atoms with Crippen molar-refractivity contribution in [2.24, 2.45) is 52.3 Å². The molecule has 3 N–H and O–H groups in total. The predicted molar refractivity (Wildman–Crippen MR) is 137 cm³/mol. The Morgan fingerprint density at radius 3 is 2.26 bits per heavy atom. The third-order valence-corrected chi connectivity index (χ3v) is 12.1. The second-order valence-corrected chi connectivity index (χ2v) is 15.4. The number of hydrogen-bond acceptors (Lipinski definition) is 5. The Hall–Kier alpha value is -0.210. The minimum atomic E-state index is -3.67. The molecule has 4 aliphatic carbocycles. The number of nitrogens with one attached hydrogen (secondary N) is 1. The van der Waals surface area contributed by atoms with Crippen LogP contribution < -0.4 is 5.32 Å². The molecular formula is C28H49NO5S. The second kappa shape index (κ2) is 8.93. The van der Waals surface area contributed by atoms with Gasteiger partial charge in [-0.05, 0) is 111 Å². The molecule has 0 aromatic rings. The van der Waals surface area contributed by atoms with Crippen molar-refractivity contribution >= 4 is 10.1 Å². The summed E-state index contributed by atoms with van der Waals surface area (Å²) < 4.78 is 32.9. The highest BCUT2D eigenvalue weighted by Gasteiger charge is 2.68. The molecule has 202 valence electrons. The van der Waals surface area contributed by atoms with E-state index >= 15 is 0 Å². The highest BCUT2D eigenvalue weighted by Crippen LogP contribution is 2.71. The van der Waals surface area contributed by atoms with Crippen molar-refractivity contribution in [2.75, 3.05) is 12.8 Å². The molecule has 6 nitrogen and oxygen atoms in total. The Labute approximate surface area is 213 Å². The minimum Gasteiger partial charge on any atom is -0.393 e. The lowest BCUT2D eigenvalue weighted by Gasteiger charge is -2.61. The molecule has 2 heterocycles. The highest BCUT2D eigenvalue weighted by atomic mass is 32.2. The van der Waals surface area contributed by atoms with Gasteiger partial charge >= 0.3 is 0 Å². The molecule has 0 unspecified atom stereocenters. The van der Waals surface area contributed by atoms with E-state index in [4.69, 9.17) is 9.29 Å². The smallest absolute Gasteiger partial charge is 0.261 e. The van der Waals surface area contributed by atoms with Crippen molar-refractivity contribution in [1.82, 2.24) is 5.32 Å². The maximum Gasteiger partial charge on any atom is 0.261 e. The molecule has 1 spiro atoms. The van der Waals surface area contributed by atoms with Gasteiger partial charge < -0.3 is 9.84 Å². The average Bonchev–Trinajstić information content (AvgIpc) is 3.20. The van der Waals surface area contributed by atoms with Crippen LogP contribution in [0.4, 0.5) is 0 Å². The monoisotopic (exact) mass is 511 g/mol. The quantitative estimate of drug-likeness (QED) is 0.402. The number of ether oxygens (including phenoxy) is 1. The van der Waals surface area contributed by atoms with Crippen LogP contribution in [-0.2, 0) is 14.9 Å². The maximum absolute atomic E-state index is 10.3. The summed E-state index contributed by atoms with van der Waals surface area (Å²) in [5, 5.41) is 14.2. The van der Waals surface area contributed by atoms with Gasteiger partial charge in [0.15, 0.2) is 0 Å². The number of hydrogen-bond donors (Lipinski definition) is 3. The van der Waals surface area contributed by atoms with Gasteiger partial charge in [-0.3, -0.25) is 9.87 Å². The van der Waals surface area contributed by atoms with E-state index in [9.17, 15) is 13.5 Å². The normalized spacial score (nSPS) is 55.2. The van der Waals surface area contributed by atoms with Crippen molar-refractivity contribution in [2.45, 2.75) is 110 Å². The van der Waals surface area contributed by atoms with Gasteiger partial charge in [0.1, 0.15) is 5.72 Å². The Bertz CT molecular complexity index is 893. The van der Waals surface area contributed by atoms with Crippen molar-refractivity contribution in [3.8, 4) is 0 Å². The summed E-state index contributed by atoms with van der Waals surface area (Å²) in [6, 6.07) is 0. The average molecular weight is 512 g/mol. The molecule has 6 fully saturated rings. The summed E-state index contributed by atoms with van der Waals surface area (Å²) in [6.07, 6.45) is 14.0. The van der Waals surface area contributed by atoms with Crippen LogP contribution in [0.1, 0.15) is 91.9 Å². The summed E-state index contributed by atoms with van der Waals surface area (Å²) in [5.41, 5.74) is 0.919. The molecule has 6 rings (SSSR count). The van der Waals surface area contributed by atoms with Crippen LogP contribution in [0.5, 0.6) is 0 Å². The Balaban J connectivity index is 0.000000464. The van der Waals surface area contributed by atoms with Crippen LogP contribution in [0, 0.1) is 52.3 Å². The van der Waals surface area contributed by atoms with E-state index in [1.54, 1.807) is 0 Å². The lowest BCUT2D eigenvalue weighted by atomic mass is 9.44. The fourth-order valence-electron chi connectivity index (χ4n) is 10.4. The lowest BCUT2D eigenvalue weighted by Crippen LogP contribution is -2.57. The van der Waals surface area contributed by atoms with Crippen LogP contribution >= 0.6 is 0 Å². The Morgan fingerprint density at radius 1 is 0.914 bits per heavy atom. The molecule has 2 saturated heterocycles. The van der Waals surface area contributed by atoms with Crippen LogP contribution in [-0.4, -0.2) is 48.8 Å². The molecule has 4 saturated carbocycles. The van der Waals surface area contributed by atoms with Crippen molar-refractivity contribution in [3.05, 3.63) is 0 Å². The van der Waals surface area contributed by atoms with Crippen LogP contribution in [0.25, 0.3) is 0 Å². The number of rotatable bonds is 0. The van der Waals surface area contributed by atoms with Gasteiger partial charge in [0, 0.05) is 12.5 Å². The van der Waals surface area contributed by atoms with E-state index in [1.807, 2.05) is 0 Å². The lowest BCUT2D eigenvalue weighted by molar-refractivity contribution is -0.140. The molecule has 0 radical (unpaired) electrons. The summed E-state index contributed by atoms with van der Waals surface area (Å²) in [6.45, 7) is 11.3. The molecule has 0 bridgehead atoms. The van der Waals surface area contributed by atoms with Crippen molar-refractivity contribution in [3.63, 3.8) is 0 Å². The highest BCUT2D eigenvalue weighted by molar-refractivity contribution is 7.85. The van der Waals surface area contributed by atoms with E-state index < -0.39 is 10.1 Å². The summed E-state index contributed by atoms with van der Waals surface area (Å²) in [7, 11) is -3.67. The van der Waals surface area contributed by atoms with E-state index in [-0.39, 0.29) is 11.8 Å². The third kappa shape index (κ3) is 4.43. The van der Waals surface area contributed by atoms with Gasteiger partial charge in [0.25, 0.3) is 10.1 Å². The van der Waals surface area contributed by atoms with Crippen molar-refractivity contribution < 1.29 is 22.8 Å². The van der Waals surface area contributed by atoms with E-state index in [0.29, 0.717) is 29.1 Å². The number of aliphatic hydroxyl groups is 1. The minimum absolute atomic E-state index is 0.0319. The molecule has 12 atom stereocenters. The van der Waals surface area contributed by atoms with Crippen LogP contribution in [0.15, 0.2) is 0 Å². The van der Waals surface area contributed by atoms with Gasteiger partial charge in [-0.25, -0.2) is 0 Å². The SMILES string of the molecule is CS(=O)(=O)O.C[C@H]1CC[C@]2(NC1)O[C@H]1C[C@H]3[C@@H]4CC[C@H]5C[C@@H](O)CC[C@]5(C)[C@H]4CC[C@]3(C)[C@H]1[C@@H]2C. The molecule has 7 heteroatoms. The standard InChI is InChI=1S/C27H45NO2.CH4O3S/c1-16-7-12-27(28-15-16)17(2)24-23(30-27)14-22-20-6-5-18-13-19(29)8-10-25(18,3)21(20)9-11-26(22,24)4;1-5(2,3)4/h16-24,28-29H,5-15H2,1-4H3;1H3,(H,2,3,4)/t16-,17-,18-,19-,20+,21-,22-,23-,24-,25-,26-,27-;/m0./s1. The second-order valence-electron chi connectivity index (χ2n) is 14.0. The fourth-order valence-corrected chi connectivity index (χ4v) is 10.4. The molecule has 0 aromatic heterocycles. The van der Waals surface area contributed by atoms with E-state index in [2.05, 4.69) is 33.0 Å². The third-order valence-electron chi connectivity index (χ3n) is 12.1. The largest absolute Gasteiger partial charge is 0.393 e. The van der Waals surface area contributed by atoms with Crippen LogP contribution in [0.3, 0.4) is 0 Å². The first-order chi connectivity index (χ1) is 16.3. The number of aliphatic hydroxyl groups excluding tert-OH is 1. The zero-order valence-electron chi connectivity index (χ0n) is 22.5. The van der Waals surface area contributed by atoms with E-state index in [1.165, 1.54) is 51.4 Å². The van der Waals surface area contributed by atoms with Gasteiger partial charge in [0.05, 0.1) is 18.5 Å². The van der Waals surface area contributed by atoms with E-state index in [0.717, 1.165) is 54.9 Å². The Morgan fingerprint density at radius 2 is 1.60 bits per heavy atom. The Kier molecular flexibility index (Phi) is 6.73. The summed E-state index contributed by atoms with van der Waals surface area (Å²) in [5.74, 6) is 5.57. The van der Waals surface area contributed by atoms with Crippen LogP contribution in [0.2, 0.25) is 0 Å². The van der Waals surface area contributed by atoms with Gasteiger partial charge in [-0.15, -0.1) is 0 Å². The van der Waals surface area contributed by atoms with Gasteiger partial charge in [-0.2, -0.15) is 8.42 Å². The molecule has 2 aliphatic heterocycles. The summed E-state index contributed by atoms with van der Waals surface area (Å²) >= 11 is 0. The maximum atomic E-state index is 10.3. The summed E-state index contributed by atoms with van der Waals surface area (Å²) in [4.78, 5) is 0. The zero-order chi connectivity index (χ0) is 25.4.